The minimum atomic E-state index is 0.641. The van der Waals surface area contributed by atoms with Gasteiger partial charge in [0.1, 0.15) is 0 Å². The Morgan fingerprint density at radius 1 is 0.297 bits per heavy atom. The summed E-state index contributed by atoms with van der Waals surface area (Å²) >= 11 is 1.76. The maximum absolute atomic E-state index is 5.70. The third-order valence-corrected chi connectivity index (χ3v) is 16.4. The van der Waals surface area contributed by atoms with E-state index in [1.165, 1.54) is 59.6 Å². The molecule has 344 valence electrons. The Morgan fingerprint density at radius 3 is 1.55 bits per heavy atom. The molecule has 5 heterocycles. The van der Waals surface area contributed by atoms with Gasteiger partial charge in [0.25, 0.3) is 0 Å². The number of aromatic nitrogens is 5. The molecule has 0 atom stereocenters. The summed E-state index contributed by atoms with van der Waals surface area (Å²) in [6.45, 7) is 0. The van der Waals surface area contributed by atoms with Crippen molar-refractivity contribution in [3.63, 3.8) is 0 Å². The van der Waals surface area contributed by atoms with Crippen molar-refractivity contribution in [3.8, 4) is 50.1 Å². The number of para-hydroxylation sites is 3. The molecule has 0 saturated heterocycles. The number of benzene rings is 11. The molecular formula is C68H41N5S. The molecule has 11 aromatic carbocycles. The zero-order chi connectivity index (χ0) is 48.4. The monoisotopic (exact) mass is 959 g/mol. The van der Waals surface area contributed by atoms with Gasteiger partial charge in [-0.3, -0.25) is 4.57 Å². The van der Waals surface area contributed by atoms with Gasteiger partial charge in [0.15, 0.2) is 0 Å². The lowest BCUT2D eigenvalue weighted by atomic mass is 9.98. The van der Waals surface area contributed by atoms with Gasteiger partial charge in [-0.1, -0.05) is 158 Å². The Hall–Kier alpha value is -9.62. The van der Waals surface area contributed by atoms with Crippen LogP contribution in [0.5, 0.6) is 0 Å². The van der Waals surface area contributed by atoms with Crippen LogP contribution in [-0.2, 0) is 0 Å². The first kappa shape index (κ1) is 41.0. The lowest BCUT2D eigenvalue weighted by Gasteiger charge is -2.11. The van der Waals surface area contributed by atoms with Gasteiger partial charge in [-0.15, -0.1) is 11.3 Å². The van der Waals surface area contributed by atoms with E-state index in [2.05, 4.69) is 262 Å². The summed E-state index contributed by atoms with van der Waals surface area (Å²) in [6, 6.07) is 90.4. The standard InChI is InChI=1S/C68H41N5S/c1-4-17-43(18-5-1)64-41-57-67(74-64)66(48-31-34-59-53(39-48)52-26-14-15-27-58(52)71(59)49-21-6-2-7-22-49)70-68(69-57)73-60-32-29-46(37-54(60)55-36-44-19-10-11-20-45(44)40-63(55)73)47-30-33-61-56(38-47)65-51-25-13-12-16-42(51)28-35-62(65)72(61)50-23-8-3-9-24-50/h1-41H. The first-order chi connectivity index (χ1) is 36.7. The SMILES string of the molecule is c1ccc(-c2cc3nc(-n4c5ccc(-c6ccc7c(c6)c6c8ccccc8ccc6n7-c6ccccc6)cc5c5cc6ccccc6cc54)nc(-c4ccc5c(c4)c4ccccc4n5-c4ccccc4)c3s2)cc1. The van der Waals surface area contributed by atoms with Gasteiger partial charge in [0.05, 0.1) is 49.0 Å². The Labute approximate surface area is 428 Å². The molecule has 0 spiro atoms. The topological polar surface area (TPSA) is 40.6 Å². The second-order valence-electron chi connectivity index (χ2n) is 19.4. The van der Waals surface area contributed by atoms with Crippen molar-refractivity contribution < 1.29 is 0 Å². The molecule has 74 heavy (non-hydrogen) atoms. The van der Waals surface area contributed by atoms with Gasteiger partial charge in [-0.2, -0.15) is 0 Å². The van der Waals surface area contributed by atoms with Crippen LogP contribution in [0.3, 0.4) is 0 Å². The number of hydrogen-bond acceptors (Lipinski definition) is 3. The van der Waals surface area contributed by atoms with E-state index in [-0.39, 0.29) is 0 Å². The van der Waals surface area contributed by atoms with Crippen LogP contribution in [0.25, 0.3) is 147 Å². The minimum absolute atomic E-state index is 0.641. The van der Waals surface area contributed by atoms with E-state index >= 15 is 0 Å². The van der Waals surface area contributed by atoms with Crippen LogP contribution in [0.2, 0.25) is 0 Å². The lowest BCUT2D eigenvalue weighted by molar-refractivity contribution is 1.02. The van der Waals surface area contributed by atoms with E-state index in [0.29, 0.717) is 5.95 Å². The summed E-state index contributed by atoms with van der Waals surface area (Å²) in [4.78, 5) is 12.4. The quantitative estimate of drug-likeness (QED) is 0.167. The summed E-state index contributed by atoms with van der Waals surface area (Å²) in [5, 5.41) is 12.0. The molecule has 6 heteroatoms. The number of nitrogens with zero attached hydrogens (tertiary/aromatic N) is 5. The Kier molecular flexibility index (Phi) is 8.84. The molecule has 16 aromatic rings. The molecule has 0 bridgehead atoms. The number of hydrogen-bond donors (Lipinski definition) is 0. The maximum atomic E-state index is 5.70. The van der Waals surface area contributed by atoms with Crippen molar-refractivity contribution in [2.75, 3.05) is 0 Å². The van der Waals surface area contributed by atoms with Crippen LogP contribution in [0.4, 0.5) is 0 Å². The van der Waals surface area contributed by atoms with Crippen molar-refractivity contribution in [1.29, 1.82) is 0 Å². The Balaban J connectivity index is 0.934. The third kappa shape index (κ3) is 6.16. The highest BCUT2D eigenvalue weighted by atomic mass is 32.1. The normalized spacial score (nSPS) is 12.1. The van der Waals surface area contributed by atoms with Gasteiger partial charge >= 0.3 is 0 Å². The van der Waals surface area contributed by atoms with Gasteiger partial charge in [-0.25, -0.2) is 9.97 Å². The van der Waals surface area contributed by atoms with Crippen LogP contribution in [0.15, 0.2) is 249 Å². The van der Waals surface area contributed by atoms with E-state index < -0.39 is 0 Å². The van der Waals surface area contributed by atoms with Crippen LogP contribution >= 0.6 is 11.3 Å². The number of thiophene rings is 1. The predicted octanol–water partition coefficient (Wildman–Crippen LogP) is 18.3. The van der Waals surface area contributed by atoms with E-state index in [4.69, 9.17) is 9.97 Å². The maximum Gasteiger partial charge on any atom is 0.235 e. The zero-order valence-corrected chi connectivity index (χ0v) is 40.6. The fourth-order valence-corrected chi connectivity index (χ4v) is 13.0. The molecule has 0 fully saturated rings. The predicted molar refractivity (Wildman–Crippen MR) is 312 cm³/mol. The Bertz CT molecular complexity index is 4950. The number of fused-ring (bicyclic) bond motifs is 13. The summed E-state index contributed by atoms with van der Waals surface area (Å²) in [5.41, 5.74) is 15.5. The average molecular weight is 960 g/mol. The van der Waals surface area contributed by atoms with Gasteiger partial charge < -0.3 is 9.13 Å². The zero-order valence-electron chi connectivity index (χ0n) is 39.8. The first-order valence-corrected chi connectivity index (χ1v) is 26.0. The largest absolute Gasteiger partial charge is 0.309 e. The molecular weight excluding hydrogens is 919 g/mol. The van der Waals surface area contributed by atoms with E-state index in [1.807, 2.05) is 0 Å². The van der Waals surface area contributed by atoms with Crippen LogP contribution in [0, 0.1) is 0 Å². The second kappa shape index (κ2) is 15.9. The van der Waals surface area contributed by atoms with Crippen LogP contribution in [-0.4, -0.2) is 23.7 Å². The summed E-state index contributed by atoms with van der Waals surface area (Å²) in [7, 11) is 0. The van der Waals surface area contributed by atoms with Gasteiger partial charge in [0.2, 0.25) is 5.95 Å². The first-order valence-electron chi connectivity index (χ1n) is 25.1. The molecule has 0 saturated carbocycles. The third-order valence-electron chi connectivity index (χ3n) is 15.2. The smallest absolute Gasteiger partial charge is 0.235 e. The van der Waals surface area contributed by atoms with Crippen molar-refractivity contribution in [2.24, 2.45) is 0 Å². The van der Waals surface area contributed by atoms with Crippen molar-refractivity contribution in [2.45, 2.75) is 0 Å². The fourth-order valence-electron chi connectivity index (χ4n) is 11.9. The highest BCUT2D eigenvalue weighted by Crippen LogP contribution is 2.44. The second-order valence-corrected chi connectivity index (χ2v) is 20.4. The lowest BCUT2D eigenvalue weighted by Crippen LogP contribution is -2.02. The molecule has 0 N–H and O–H groups in total. The molecule has 0 radical (unpaired) electrons. The molecule has 0 unspecified atom stereocenters. The minimum Gasteiger partial charge on any atom is -0.309 e. The van der Waals surface area contributed by atoms with Crippen molar-refractivity contribution in [3.05, 3.63) is 249 Å². The van der Waals surface area contributed by atoms with Crippen molar-refractivity contribution >= 4 is 109 Å². The van der Waals surface area contributed by atoms with Crippen LogP contribution < -0.4 is 0 Å². The summed E-state index contributed by atoms with van der Waals surface area (Å²) in [5.74, 6) is 0.641. The molecule has 5 nitrogen and oxygen atoms in total. The molecule has 0 amide bonds. The van der Waals surface area contributed by atoms with Gasteiger partial charge in [0, 0.05) is 54.1 Å². The summed E-state index contributed by atoms with van der Waals surface area (Å²) in [6.07, 6.45) is 0. The van der Waals surface area contributed by atoms with E-state index in [0.717, 1.165) is 81.7 Å². The molecule has 0 aliphatic carbocycles. The molecule has 0 aliphatic rings. The van der Waals surface area contributed by atoms with Crippen LogP contribution in [0.1, 0.15) is 0 Å². The molecule has 5 aromatic heterocycles. The van der Waals surface area contributed by atoms with Crippen molar-refractivity contribution in [1.82, 2.24) is 23.7 Å². The number of rotatable bonds is 6. The molecule has 0 aliphatic heterocycles. The highest BCUT2D eigenvalue weighted by Gasteiger charge is 2.23. The van der Waals surface area contributed by atoms with Gasteiger partial charge in [-0.05, 0) is 129 Å². The Morgan fingerprint density at radius 2 is 0.811 bits per heavy atom. The highest BCUT2D eigenvalue weighted by molar-refractivity contribution is 7.22. The summed E-state index contributed by atoms with van der Waals surface area (Å²) < 4.78 is 8.13. The molecule has 16 rings (SSSR count). The van der Waals surface area contributed by atoms with E-state index in [9.17, 15) is 0 Å². The average Bonchev–Trinajstić information content (AvgIpc) is 4.23. The van der Waals surface area contributed by atoms with E-state index in [1.54, 1.807) is 11.3 Å². The fraction of sp³-hybridized carbons (Fsp3) is 0.